The Hall–Kier alpha value is -2.53. The van der Waals surface area contributed by atoms with Crippen molar-refractivity contribution in [3.63, 3.8) is 0 Å². The van der Waals surface area contributed by atoms with Gasteiger partial charge in [-0.1, -0.05) is 60.8 Å². The van der Waals surface area contributed by atoms with Gasteiger partial charge >= 0.3 is 0 Å². The van der Waals surface area contributed by atoms with Crippen molar-refractivity contribution >= 4 is 57.4 Å². The lowest BCUT2D eigenvalue weighted by atomic mass is 10.0. The number of rotatable bonds is 5. The molecule has 0 aliphatic heterocycles. The second-order valence-electron chi connectivity index (χ2n) is 8.06. The molecule has 0 saturated carbocycles. The predicted molar refractivity (Wildman–Crippen MR) is 134 cm³/mol. The van der Waals surface area contributed by atoms with Crippen LogP contribution in [0.2, 0.25) is 15.1 Å². The SMILES string of the molecule is Cc1ccc(C(C)C)cc1NC(=O)Cn1c(-c2cc(Cl)ccc2Cl)nc2ccc(Cl)cc21. The Kier molecular flexibility index (Phi) is 6.47. The van der Waals surface area contributed by atoms with Gasteiger partial charge in [0.05, 0.1) is 16.1 Å². The van der Waals surface area contributed by atoms with E-state index in [4.69, 9.17) is 39.8 Å². The number of aryl methyl sites for hydroxylation is 1. The zero-order chi connectivity index (χ0) is 23.0. The summed E-state index contributed by atoms with van der Waals surface area (Å²) in [6.07, 6.45) is 0. The van der Waals surface area contributed by atoms with E-state index in [0.717, 1.165) is 22.3 Å². The van der Waals surface area contributed by atoms with E-state index in [-0.39, 0.29) is 12.5 Å². The number of halogens is 3. The van der Waals surface area contributed by atoms with Crippen LogP contribution in [0.4, 0.5) is 5.69 Å². The van der Waals surface area contributed by atoms with Crippen molar-refractivity contribution in [1.82, 2.24) is 9.55 Å². The number of carbonyl (C=O) groups is 1. The number of anilines is 1. The average Bonchev–Trinajstić information content (AvgIpc) is 3.08. The first-order chi connectivity index (χ1) is 15.2. The van der Waals surface area contributed by atoms with Gasteiger partial charge in [0.1, 0.15) is 12.4 Å². The third kappa shape index (κ3) is 4.63. The van der Waals surface area contributed by atoms with Crippen molar-refractivity contribution in [2.45, 2.75) is 33.2 Å². The number of carbonyl (C=O) groups excluding carboxylic acids is 1. The van der Waals surface area contributed by atoms with E-state index in [2.05, 4.69) is 25.2 Å². The van der Waals surface area contributed by atoms with Crippen molar-refractivity contribution in [3.05, 3.63) is 80.8 Å². The molecule has 0 radical (unpaired) electrons. The Morgan fingerprint density at radius 2 is 1.72 bits per heavy atom. The lowest BCUT2D eigenvalue weighted by Gasteiger charge is -2.14. The number of hydrogen-bond acceptors (Lipinski definition) is 2. The summed E-state index contributed by atoms with van der Waals surface area (Å²) in [4.78, 5) is 17.8. The van der Waals surface area contributed by atoms with Crippen molar-refractivity contribution in [2.75, 3.05) is 5.32 Å². The first-order valence-electron chi connectivity index (χ1n) is 10.2. The van der Waals surface area contributed by atoms with Gasteiger partial charge in [-0.2, -0.15) is 0 Å². The molecule has 4 rings (SSSR count). The van der Waals surface area contributed by atoms with Crippen molar-refractivity contribution < 1.29 is 4.79 Å². The summed E-state index contributed by atoms with van der Waals surface area (Å²) in [5.74, 6) is 0.743. The third-order valence-corrected chi connectivity index (χ3v) is 6.18. The molecule has 0 unspecified atom stereocenters. The second kappa shape index (κ2) is 9.14. The summed E-state index contributed by atoms with van der Waals surface area (Å²) >= 11 is 18.9. The maximum atomic E-state index is 13.1. The number of benzene rings is 3. The fraction of sp³-hybridized carbons (Fsp3) is 0.200. The van der Waals surface area contributed by atoms with E-state index in [1.54, 1.807) is 30.3 Å². The largest absolute Gasteiger partial charge is 0.324 e. The normalized spacial score (nSPS) is 11.3. The molecule has 0 aliphatic carbocycles. The first kappa shape index (κ1) is 22.7. The average molecular weight is 487 g/mol. The van der Waals surface area contributed by atoms with E-state index in [0.29, 0.717) is 37.9 Å². The zero-order valence-corrected chi connectivity index (χ0v) is 20.2. The molecule has 4 nitrogen and oxygen atoms in total. The number of nitrogens with one attached hydrogen (secondary N) is 1. The minimum absolute atomic E-state index is 0.0420. The van der Waals surface area contributed by atoms with Gasteiger partial charge in [0.15, 0.2) is 0 Å². The second-order valence-corrected chi connectivity index (χ2v) is 9.34. The number of amides is 1. The molecule has 3 aromatic carbocycles. The summed E-state index contributed by atoms with van der Waals surface area (Å²) in [6.45, 7) is 6.26. The zero-order valence-electron chi connectivity index (χ0n) is 17.9. The molecule has 164 valence electrons. The molecule has 32 heavy (non-hydrogen) atoms. The smallest absolute Gasteiger partial charge is 0.244 e. The molecule has 0 spiro atoms. The first-order valence-corrected chi connectivity index (χ1v) is 11.4. The lowest BCUT2D eigenvalue weighted by molar-refractivity contribution is -0.116. The van der Waals surface area contributed by atoms with Crippen LogP contribution in [-0.4, -0.2) is 15.5 Å². The molecule has 1 amide bonds. The molecule has 0 aliphatic rings. The number of hydrogen-bond donors (Lipinski definition) is 1. The Bertz CT molecular complexity index is 1330. The Balaban J connectivity index is 1.75. The highest BCUT2D eigenvalue weighted by molar-refractivity contribution is 6.35. The molecule has 4 aromatic rings. The quantitative estimate of drug-likeness (QED) is 0.314. The van der Waals surface area contributed by atoms with Gasteiger partial charge in [0, 0.05) is 21.3 Å². The molecule has 1 N–H and O–H groups in total. The summed E-state index contributed by atoms with van der Waals surface area (Å²) in [5.41, 5.74) is 5.07. The minimum Gasteiger partial charge on any atom is -0.324 e. The van der Waals surface area contributed by atoms with Crippen LogP contribution >= 0.6 is 34.8 Å². The van der Waals surface area contributed by atoms with Crippen LogP contribution in [-0.2, 0) is 11.3 Å². The van der Waals surface area contributed by atoms with Crippen molar-refractivity contribution in [1.29, 1.82) is 0 Å². The van der Waals surface area contributed by atoms with E-state index in [1.807, 2.05) is 29.7 Å². The van der Waals surface area contributed by atoms with Gasteiger partial charge in [-0.05, 0) is 66.4 Å². The summed E-state index contributed by atoms with van der Waals surface area (Å²) in [7, 11) is 0. The van der Waals surface area contributed by atoms with Crippen LogP contribution in [0.1, 0.15) is 30.9 Å². The van der Waals surface area contributed by atoms with Crippen LogP contribution in [0.15, 0.2) is 54.6 Å². The topological polar surface area (TPSA) is 46.9 Å². The van der Waals surface area contributed by atoms with E-state index < -0.39 is 0 Å². The van der Waals surface area contributed by atoms with E-state index in [9.17, 15) is 4.79 Å². The monoisotopic (exact) mass is 485 g/mol. The van der Waals surface area contributed by atoms with Crippen molar-refractivity contribution in [2.24, 2.45) is 0 Å². The van der Waals surface area contributed by atoms with Gasteiger partial charge < -0.3 is 9.88 Å². The number of nitrogens with zero attached hydrogens (tertiary/aromatic N) is 2. The van der Waals surface area contributed by atoms with Gasteiger partial charge in [0.25, 0.3) is 0 Å². The summed E-state index contributed by atoms with van der Waals surface area (Å²) in [6, 6.07) is 16.7. The third-order valence-electron chi connectivity index (χ3n) is 5.38. The highest BCUT2D eigenvalue weighted by Crippen LogP contribution is 2.33. The van der Waals surface area contributed by atoms with Crippen LogP contribution in [0.25, 0.3) is 22.4 Å². The lowest BCUT2D eigenvalue weighted by Crippen LogP contribution is -2.20. The highest BCUT2D eigenvalue weighted by atomic mass is 35.5. The van der Waals surface area contributed by atoms with Gasteiger partial charge in [-0.15, -0.1) is 0 Å². The molecule has 0 saturated heterocycles. The fourth-order valence-corrected chi connectivity index (χ4v) is 4.14. The Labute approximate surface area is 202 Å². The van der Waals surface area contributed by atoms with E-state index >= 15 is 0 Å². The van der Waals surface area contributed by atoms with Crippen LogP contribution in [0.3, 0.4) is 0 Å². The summed E-state index contributed by atoms with van der Waals surface area (Å²) < 4.78 is 1.82. The molecule has 7 heteroatoms. The predicted octanol–water partition coefficient (Wildman–Crippen LogP) is 7.73. The molecule has 1 aromatic heterocycles. The number of imidazole rings is 1. The van der Waals surface area contributed by atoms with Gasteiger partial charge in [-0.25, -0.2) is 4.98 Å². The van der Waals surface area contributed by atoms with Crippen molar-refractivity contribution in [3.8, 4) is 11.4 Å². The number of aromatic nitrogens is 2. The van der Waals surface area contributed by atoms with Gasteiger partial charge in [-0.3, -0.25) is 4.79 Å². The minimum atomic E-state index is -0.173. The summed E-state index contributed by atoms with van der Waals surface area (Å²) in [5, 5.41) is 4.64. The number of fused-ring (bicyclic) bond motifs is 1. The Morgan fingerprint density at radius 3 is 2.47 bits per heavy atom. The molecular formula is C25H22Cl3N3O. The maximum absolute atomic E-state index is 13.1. The highest BCUT2D eigenvalue weighted by Gasteiger charge is 2.19. The fourth-order valence-electron chi connectivity index (χ4n) is 3.60. The van der Waals surface area contributed by atoms with Crippen LogP contribution < -0.4 is 5.32 Å². The molecular weight excluding hydrogens is 465 g/mol. The molecule has 0 bridgehead atoms. The Morgan fingerprint density at radius 1 is 1.00 bits per heavy atom. The van der Waals surface area contributed by atoms with Crippen LogP contribution in [0.5, 0.6) is 0 Å². The molecule has 1 heterocycles. The standard InChI is InChI=1S/C25H22Cl3N3O/c1-14(2)16-5-4-15(3)22(10-16)29-24(32)13-31-23-12-18(27)7-9-21(23)30-25(31)19-11-17(26)6-8-20(19)28/h4-12,14H,13H2,1-3H3,(H,29,32). The maximum Gasteiger partial charge on any atom is 0.244 e. The molecule has 0 atom stereocenters. The van der Waals surface area contributed by atoms with E-state index in [1.165, 1.54) is 0 Å². The van der Waals surface area contributed by atoms with Gasteiger partial charge in [0.2, 0.25) is 5.91 Å². The van der Waals surface area contributed by atoms with Crippen LogP contribution in [0, 0.1) is 6.92 Å². The molecule has 0 fully saturated rings.